The molecule has 0 unspecified atom stereocenters. The highest BCUT2D eigenvalue weighted by Gasteiger charge is 2.17. The van der Waals surface area contributed by atoms with Gasteiger partial charge in [-0.3, -0.25) is 15.2 Å². The van der Waals surface area contributed by atoms with Crippen molar-refractivity contribution in [2.75, 3.05) is 5.32 Å². The van der Waals surface area contributed by atoms with E-state index in [1.807, 2.05) is 6.07 Å². The molecular formula is C15H9ClFN5OS. The van der Waals surface area contributed by atoms with Gasteiger partial charge >= 0.3 is 0 Å². The summed E-state index contributed by atoms with van der Waals surface area (Å²) in [7, 11) is 0. The third-order valence-corrected chi connectivity index (χ3v) is 4.60. The zero-order valence-electron chi connectivity index (χ0n) is 12.2. The Hall–Kier alpha value is -2.58. The summed E-state index contributed by atoms with van der Waals surface area (Å²) in [6.45, 7) is 1.80. The maximum absolute atomic E-state index is 13.9. The van der Waals surface area contributed by atoms with Crippen LogP contribution in [-0.4, -0.2) is 26.3 Å². The van der Waals surface area contributed by atoms with Gasteiger partial charge in [-0.2, -0.15) is 0 Å². The molecule has 2 heterocycles. The second kappa shape index (κ2) is 5.50. The summed E-state index contributed by atoms with van der Waals surface area (Å²) >= 11 is 7.21. The largest absolute Gasteiger partial charge is 0.298 e. The van der Waals surface area contributed by atoms with E-state index < -0.39 is 11.7 Å². The quantitative estimate of drug-likeness (QED) is 0.566. The second-order valence-corrected chi connectivity index (χ2v) is 6.69. The zero-order chi connectivity index (χ0) is 16.8. The summed E-state index contributed by atoms with van der Waals surface area (Å²) in [6, 6.07) is 6.34. The maximum atomic E-state index is 13.9. The van der Waals surface area contributed by atoms with Gasteiger partial charge < -0.3 is 0 Å². The summed E-state index contributed by atoms with van der Waals surface area (Å²) in [5.41, 5.74) is 2.28. The molecule has 0 aliphatic heterocycles. The van der Waals surface area contributed by atoms with Gasteiger partial charge in [-0.25, -0.2) is 9.37 Å². The van der Waals surface area contributed by atoms with Gasteiger partial charge in [0.15, 0.2) is 10.9 Å². The van der Waals surface area contributed by atoms with Gasteiger partial charge in [0.25, 0.3) is 5.91 Å². The average molecular weight is 362 g/mol. The Morgan fingerprint density at radius 2 is 2.17 bits per heavy atom. The Kier molecular flexibility index (Phi) is 3.43. The molecule has 0 aliphatic carbocycles. The number of benzene rings is 2. The van der Waals surface area contributed by atoms with Gasteiger partial charge in [-0.15, -0.1) is 5.10 Å². The summed E-state index contributed by atoms with van der Waals surface area (Å²) in [4.78, 5) is 16.7. The summed E-state index contributed by atoms with van der Waals surface area (Å²) in [6.07, 6.45) is 0. The number of aromatic nitrogens is 4. The second-order valence-electron chi connectivity index (χ2n) is 5.23. The fourth-order valence-electron chi connectivity index (χ4n) is 2.43. The van der Waals surface area contributed by atoms with Crippen molar-refractivity contribution in [3.63, 3.8) is 0 Å². The van der Waals surface area contributed by atoms with Crippen LogP contribution in [0.1, 0.15) is 15.9 Å². The predicted octanol–water partition coefficient (Wildman–Crippen LogP) is 3.92. The zero-order valence-corrected chi connectivity index (χ0v) is 13.8. The number of rotatable bonds is 2. The summed E-state index contributed by atoms with van der Waals surface area (Å²) in [5, 5.41) is 13.5. The van der Waals surface area contributed by atoms with Crippen LogP contribution in [0.5, 0.6) is 0 Å². The smallest absolute Gasteiger partial charge is 0.259 e. The molecule has 120 valence electrons. The molecule has 2 aromatic heterocycles. The minimum absolute atomic E-state index is 0.236. The first-order valence-corrected chi connectivity index (χ1v) is 8.09. The van der Waals surface area contributed by atoms with Crippen LogP contribution in [-0.2, 0) is 0 Å². The molecule has 0 radical (unpaired) electrons. The summed E-state index contributed by atoms with van der Waals surface area (Å²) < 4.78 is 14.6. The van der Waals surface area contributed by atoms with Crippen molar-refractivity contribution < 1.29 is 9.18 Å². The van der Waals surface area contributed by atoms with Gasteiger partial charge in [-0.05, 0) is 36.8 Å². The van der Waals surface area contributed by atoms with E-state index in [2.05, 4.69) is 25.7 Å². The van der Waals surface area contributed by atoms with Crippen LogP contribution >= 0.6 is 22.9 Å². The van der Waals surface area contributed by atoms with Gasteiger partial charge in [0.05, 0.1) is 15.8 Å². The Labute approximate surface area is 143 Å². The third kappa shape index (κ3) is 2.49. The van der Waals surface area contributed by atoms with Crippen molar-refractivity contribution in [1.82, 2.24) is 20.4 Å². The Balaban J connectivity index is 1.73. The Morgan fingerprint density at radius 1 is 1.33 bits per heavy atom. The van der Waals surface area contributed by atoms with Gasteiger partial charge in [0, 0.05) is 5.02 Å². The minimum atomic E-state index is -0.426. The van der Waals surface area contributed by atoms with E-state index in [9.17, 15) is 9.18 Å². The number of amides is 1. The molecule has 0 saturated carbocycles. The van der Waals surface area contributed by atoms with Crippen LogP contribution in [0.25, 0.3) is 21.3 Å². The van der Waals surface area contributed by atoms with E-state index in [4.69, 9.17) is 11.6 Å². The number of carbonyl (C=O) groups excluding carboxylic acids is 1. The molecule has 24 heavy (non-hydrogen) atoms. The molecule has 0 fully saturated rings. The maximum Gasteiger partial charge on any atom is 0.259 e. The fourth-order valence-corrected chi connectivity index (χ4v) is 3.62. The van der Waals surface area contributed by atoms with Gasteiger partial charge in [-0.1, -0.05) is 28.2 Å². The first-order valence-electron chi connectivity index (χ1n) is 6.89. The Morgan fingerprint density at radius 3 is 3.00 bits per heavy atom. The lowest BCUT2D eigenvalue weighted by atomic mass is 10.1. The molecular weight excluding hydrogens is 353 g/mol. The van der Waals surface area contributed by atoms with Crippen LogP contribution in [0, 0.1) is 12.7 Å². The highest BCUT2D eigenvalue weighted by atomic mass is 35.5. The van der Waals surface area contributed by atoms with E-state index >= 15 is 0 Å². The van der Waals surface area contributed by atoms with Crippen LogP contribution in [0.4, 0.5) is 9.52 Å². The standard InChI is InChI=1S/C15H9ClFN5OS/c1-6-2-9(17)13-11(3-6)24-15(18-13)19-14(23)8-4-7(16)5-10-12(8)21-22-20-10/h2-5H,1H3,(H,18,19,23)(H,20,21,22). The highest BCUT2D eigenvalue weighted by Crippen LogP contribution is 2.30. The van der Waals surface area contributed by atoms with Crippen molar-refractivity contribution in [2.24, 2.45) is 0 Å². The minimum Gasteiger partial charge on any atom is -0.298 e. The molecule has 0 atom stereocenters. The number of carbonyl (C=O) groups is 1. The normalized spacial score (nSPS) is 11.3. The number of aryl methyl sites for hydroxylation is 1. The van der Waals surface area contributed by atoms with Crippen LogP contribution in [0.15, 0.2) is 24.3 Å². The number of nitrogens with one attached hydrogen (secondary N) is 2. The van der Waals surface area contributed by atoms with E-state index in [-0.39, 0.29) is 5.52 Å². The molecule has 0 aliphatic rings. The van der Waals surface area contributed by atoms with Gasteiger partial charge in [0.1, 0.15) is 11.0 Å². The highest BCUT2D eigenvalue weighted by molar-refractivity contribution is 7.22. The van der Waals surface area contributed by atoms with Crippen LogP contribution in [0.3, 0.4) is 0 Å². The number of aromatic amines is 1. The Bertz CT molecular complexity index is 1110. The van der Waals surface area contributed by atoms with E-state index in [1.54, 1.807) is 13.0 Å². The van der Waals surface area contributed by atoms with Crippen molar-refractivity contribution in [2.45, 2.75) is 6.92 Å². The molecule has 2 aromatic carbocycles. The molecule has 0 spiro atoms. The number of halogens is 2. The first kappa shape index (κ1) is 15.0. The lowest BCUT2D eigenvalue weighted by Gasteiger charge is -2.03. The number of H-pyrrole nitrogens is 1. The first-order chi connectivity index (χ1) is 11.5. The van der Waals surface area contributed by atoms with Gasteiger partial charge in [0.2, 0.25) is 0 Å². The van der Waals surface area contributed by atoms with Crippen molar-refractivity contribution in [3.8, 4) is 0 Å². The topological polar surface area (TPSA) is 83.6 Å². The van der Waals surface area contributed by atoms with E-state index in [1.165, 1.54) is 23.5 Å². The number of anilines is 1. The molecule has 2 N–H and O–H groups in total. The van der Waals surface area contributed by atoms with Crippen LogP contribution in [0.2, 0.25) is 5.02 Å². The van der Waals surface area contributed by atoms with E-state index in [0.717, 1.165) is 5.56 Å². The molecule has 0 bridgehead atoms. The van der Waals surface area contributed by atoms with Crippen LogP contribution < -0.4 is 5.32 Å². The fraction of sp³-hybridized carbons (Fsp3) is 0.0667. The number of hydrogen-bond acceptors (Lipinski definition) is 5. The number of fused-ring (bicyclic) bond motifs is 2. The number of nitrogens with zero attached hydrogens (tertiary/aromatic N) is 3. The lowest BCUT2D eigenvalue weighted by molar-refractivity contribution is 0.102. The molecule has 4 aromatic rings. The third-order valence-electron chi connectivity index (χ3n) is 3.46. The molecule has 0 saturated heterocycles. The molecule has 9 heteroatoms. The number of thiazole rings is 1. The summed E-state index contributed by atoms with van der Waals surface area (Å²) in [5.74, 6) is -0.839. The van der Waals surface area contributed by atoms with Crippen molar-refractivity contribution >= 4 is 55.2 Å². The molecule has 1 amide bonds. The average Bonchev–Trinajstić information content (AvgIpc) is 3.12. The lowest BCUT2D eigenvalue weighted by Crippen LogP contribution is -2.12. The molecule has 4 rings (SSSR count). The monoisotopic (exact) mass is 361 g/mol. The predicted molar refractivity (Wildman–Crippen MR) is 91.2 cm³/mol. The van der Waals surface area contributed by atoms with E-state index in [0.29, 0.717) is 31.5 Å². The van der Waals surface area contributed by atoms with Crippen molar-refractivity contribution in [3.05, 3.63) is 46.2 Å². The number of hydrogen-bond donors (Lipinski definition) is 2. The SMILES string of the molecule is Cc1cc(F)c2nc(NC(=O)c3cc(Cl)cc4nn[nH]c34)sc2c1. The van der Waals surface area contributed by atoms with Crippen molar-refractivity contribution in [1.29, 1.82) is 0 Å². The molecule has 6 nitrogen and oxygen atoms in total.